The molecule has 0 saturated carbocycles. The van der Waals surface area contributed by atoms with Crippen molar-refractivity contribution >= 4 is 11.9 Å². The predicted molar refractivity (Wildman–Crippen MR) is 91.8 cm³/mol. The number of nitrogens with zero attached hydrogens (tertiary/aromatic N) is 2. The van der Waals surface area contributed by atoms with Crippen LogP contribution < -0.4 is 0 Å². The van der Waals surface area contributed by atoms with Crippen LogP contribution in [0.3, 0.4) is 0 Å². The summed E-state index contributed by atoms with van der Waals surface area (Å²) in [5.74, 6) is -0.377. The Morgan fingerprint density at radius 2 is 2.00 bits per heavy atom. The molecule has 0 spiro atoms. The van der Waals surface area contributed by atoms with Crippen LogP contribution in [0.1, 0.15) is 27.5 Å². The number of nitriles is 1. The fourth-order valence-corrected chi connectivity index (χ4v) is 2.81. The van der Waals surface area contributed by atoms with E-state index in [1.54, 1.807) is 54.8 Å². The van der Waals surface area contributed by atoms with Crippen LogP contribution >= 0.6 is 0 Å². The molecule has 0 unspecified atom stereocenters. The summed E-state index contributed by atoms with van der Waals surface area (Å²) in [5.41, 5.74) is 1.98. The molecule has 25 heavy (non-hydrogen) atoms. The van der Waals surface area contributed by atoms with Crippen LogP contribution in [0, 0.1) is 31.0 Å². The van der Waals surface area contributed by atoms with Gasteiger partial charge in [0.25, 0.3) is 0 Å². The molecular formula is C20H15FN2O2. The largest absolute Gasteiger partial charge is 0.465 e. The Kier molecular flexibility index (Phi) is 4.36. The van der Waals surface area contributed by atoms with Gasteiger partial charge in [0.15, 0.2) is 0 Å². The van der Waals surface area contributed by atoms with E-state index in [9.17, 15) is 14.4 Å². The van der Waals surface area contributed by atoms with Gasteiger partial charge in [0, 0.05) is 23.0 Å². The number of Topliss-reactive ketones (excluding diaryl/α,β-unsaturated/α-hetero) is 1. The van der Waals surface area contributed by atoms with E-state index >= 15 is 0 Å². The van der Waals surface area contributed by atoms with E-state index in [1.165, 1.54) is 18.4 Å². The van der Waals surface area contributed by atoms with E-state index in [-0.39, 0.29) is 11.4 Å². The summed E-state index contributed by atoms with van der Waals surface area (Å²) in [6.07, 6.45) is 2.87. The van der Waals surface area contributed by atoms with Crippen LogP contribution in [0.4, 0.5) is 4.39 Å². The second-order valence-corrected chi connectivity index (χ2v) is 5.59. The molecule has 5 heteroatoms. The number of hydrogen-bond donors (Lipinski definition) is 0. The van der Waals surface area contributed by atoms with Crippen LogP contribution in [0.15, 0.2) is 58.7 Å². The molecule has 124 valence electrons. The molecule has 3 rings (SSSR count). The standard InChI is InChI=1S/C20H15FN2O2/c1-13-10-17(14(2)23(13)19-8-4-3-7-18(19)21)20(24)15(12-22)11-16-6-5-9-25-16/h3-11H,1-2H3/b15-11+. The third-order valence-electron chi connectivity index (χ3n) is 3.96. The van der Waals surface area contributed by atoms with Gasteiger partial charge < -0.3 is 8.98 Å². The lowest BCUT2D eigenvalue weighted by molar-refractivity contribution is 0.103. The number of aromatic nitrogens is 1. The molecule has 0 saturated heterocycles. The molecule has 2 aromatic heterocycles. The van der Waals surface area contributed by atoms with E-state index in [1.807, 2.05) is 6.07 Å². The minimum absolute atomic E-state index is 0.0382. The highest BCUT2D eigenvalue weighted by molar-refractivity contribution is 6.14. The van der Waals surface area contributed by atoms with Crippen LogP contribution in [0.5, 0.6) is 0 Å². The average molecular weight is 334 g/mol. The Balaban J connectivity index is 2.08. The fourth-order valence-electron chi connectivity index (χ4n) is 2.81. The zero-order valence-corrected chi connectivity index (χ0v) is 13.8. The van der Waals surface area contributed by atoms with Gasteiger partial charge in [-0.25, -0.2) is 4.39 Å². The van der Waals surface area contributed by atoms with Crippen molar-refractivity contribution in [3.63, 3.8) is 0 Å². The molecule has 0 aliphatic heterocycles. The highest BCUT2D eigenvalue weighted by Crippen LogP contribution is 2.25. The molecule has 3 aromatic rings. The quantitative estimate of drug-likeness (QED) is 0.397. The highest BCUT2D eigenvalue weighted by Gasteiger charge is 2.21. The molecule has 0 aliphatic carbocycles. The summed E-state index contributed by atoms with van der Waals surface area (Å²) in [5, 5.41) is 9.34. The lowest BCUT2D eigenvalue weighted by atomic mass is 10.0. The smallest absolute Gasteiger partial charge is 0.205 e. The van der Waals surface area contributed by atoms with Gasteiger partial charge in [0.2, 0.25) is 5.78 Å². The predicted octanol–water partition coefficient (Wildman–Crippen LogP) is 4.62. The van der Waals surface area contributed by atoms with Crippen molar-refractivity contribution in [3.05, 3.63) is 82.8 Å². The van der Waals surface area contributed by atoms with Crippen LogP contribution in [0.2, 0.25) is 0 Å². The van der Waals surface area contributed by atoms with Crippen LogP contribution in [-0.2, 0) is 0 Å². The monoisotopic (exact) mass is 334 g/mol. The first-order chi connectivity index (χ1) is 12.0. The van der Waals surface area contributed by atoms with Gasteiger partial charge in [-0.2, -0.15) is 5.26 Å². The van der Waals surface area contributed by atoms with Crippen LogP contribution in [0.25, 0.3) is 11.8 Å². The van der Waals surface area contributed by atoms with E-state index in [4.69, 9.17) is 4.42 Å². The number of rotatable bonds is 4. The van der Waals surface area contributed by atoms with Crippen molar-refractivity contribution in [2.75, 3.05) is 0 Å². The normalized spacial score (nSPS) is 11.4. The molecule has 1 aromatic carbocycles. The molecule has 0 N–H and O–H groups in total. The number of allylic oxidation sites excluding steroid dienone is 1. The number of halogens is 1. The van der Waals surface area contributed by atoms with Crippen molar-refractivity contribution in [2.45, 2.75) is 13.8 Å². The van der Waals surface area contributed by atoms with Crippen molar-refractivity contribution < 1.29 is 13.6 Å². The number of hydrogen-bond acceptors (Lipinski definition) is 3. The van der Waals surface area contributed by atoms with Gasteiger partial charge in [-0.05, 0) is 44.2 Å². The maximum atomic E-state index is 14.1. The second-order valence-electron chi connectivity index (χ2n) is 5.59. The molecule has 2 heterocycles. The SMILES string of the molecule is Cc1cc(C(=O)/C(C#N)=C/c2ccco2)c(C)n1-c1ccccc1F. The molecule has 0 amide bonds. The lowest BCUT2D eigenvalue weighted by Gasteiger charge is -2.10. The lowest BCUT2D eigenvalue weighted by Crippen LogP contribution is -2.06. The summed E-state index contributed by atoms with van der Waals surface area (Å²) in [6, 6.07) is 13.3. The van der Waals surface area contributed by atoms with Gasteiger partial charge in [-0.15, -0.1) is 0 Å². The highest BCUT2D eigenvalue weighted by atomic mass is 19.1. The van der Waals surface area contributed by atoms with E-state index in [2.05, 4.69) is 0 Å². The van der Waals surface area contributed by atoms with Gasteiger partial charge in [0.05, 0.1) is 12.0 Å². The Morgan fingerprint density at radius 3 is 2.64 bits per heavy atom. The zero-order valence-electron chi connectivity index (χ0n) is 13.8. The summed E-state index contributed by atoms with van der Waals surface area (Å²) in [6.45, 7) is 3.52. The summed E-state index contributed by atoms with van der Waals surface area (Å²) in [7, 11) is 0. The molecule has 0 atom stereocenters. The maximum Gasteiger partial charge on any atom is 0.205 e. The molecule has 0 radical (unpaired) electrons. The summed E-state index contributed by atoms with van der Waals surface area (Å²) < 4.78 is 21.0. The number of benzene rings is 1. The van der Waals surface area contributed by atoms with E-state index < -0.39 is 5.78 Å². The number of carbonyl (C=O) groups is 1. The second kappa shape index (κ2) is 6.62. The van der Waals surface area contributed by atoms with E-state index in [0.29, 0.717) is 28.4 Å². The third kappa shape index (κ3) is 3.02. The number of para-hydroxylation sites is 1. The first kappa shape index (κ1) is 16.5. The van der Waals surface area contributed by atoms with Gasteiger partial charge >= 0.3 is 0 Å². The summed E-state index contributed by atoms with van der Waals surface area (Å²) >= 11 is 0. The molecule has 0 bridgehead atoms. The number of aryl methyl sites for hydroxylation is 1. The molecular weight excluding hydrogens is 319 g/mol. The van der Waals surface area contributed by atoms with Crippen LogP contribution in [-0.4, -0.2) is 10.4 Å². The topological polar surface area (TPSA) is 58.9 Å². The average Bonchev–Trinajstić information content (AvgIpc) is 3.21. The van der Waals surface area contributed by atoms with Crippen molar-refractivity contribution in [1.29, 1.82) is 5.26 Å². The molecule has 0 fully saturated rings. The van der Waals surface area contributed by atoms with Gasteiger partial charge in [0.1, 0.15) is 23.2 Å². The molecule has 4 nitrogen and oxygen atoms in total. The minimum atomic E-state index is -0.422. The Labute approximate surface area is 144 Å². The zero-order chi connectivity index (χ0) is 18.0. The van der Waals surface area contributed by atoms with Gasteiger partial charge in [-0.1, -0.05) is 12.1 Å². The maximum absolute atomic E-state index is 14.1. The fraction of sp³-hybridized carbons (Fsp3) is 0.100. The Bertz CT molecular complexity index is 1000. The number of furan rings is 1. The summed E-state index contributed by atoms with van der Waals surface area (Å²) in [4.78, 5) is 12.8. The van der Waals surface area contributed by atoms with Crippen molar-refractivity contribution in [2.24, 2.45) is 0 Å². The third-order valence-corrected chi connectivity index (χ3v) is 3.96. The Morgan fingerprint density at radius 1 is 1.24 bits per heavy atom. The van der Waals surface area contributed by atoms with Crippen molar-refractivity contribution in [1.82, 2.24) is 4.57 Å². The Hall–Kier alpha value is -3.39. The first-order valence-electron chi connectivity index (χ1n) is 7.66. The number of ketones is 1. The number of carbonyl (C=O) groups excluding carboxylic acids is 1. The van der Waals surface area contributed by atoms with E-state index in [0.717, 1.165) is 0 Å². The minimum Gasteiger partial charge on any atom is -0.465 e. The van der Waals surface area contributed by atoms with Crippen molar-refractivity contribution in [3.8, 4) is 11.8 Å². The van der Waals surface area contributed by atoms with Gasteiger partial charge in [-0.3, -0.25) is 4.79 Å². The molecule has 0 aliphatic rings. The first-order valence-corrected chi connectivity index (χ1v) is 7.66.